The first kappa shape index (κ1) is 16.9. The molecule has 6 heteroatoms. The smallest absolute Gasteiger partial charge is 0.257 e. The highest BCUT2D eigenvalue weighted by Gasteiger charge is 2.29. The Bertz CT molecular complexity index is 1150. The van der Waals surface area contributed by atoms with Gasteiger partial charge in [-0.1, -0.05) is 6.08 Å². The maximum atomic E-state index is 13.1. The summed E-state index contributed by atoms with van der Waals surface area (Å²) in [6.45, 7) is 1.68. The van der Waals surface area contributed by atoms with Crippen molar-refractivity contribution in [2.24, 2.45) is 0 Å². The van der Waals surface area contributed by atoms with E-state index in [1.165, 1.54) is 19.3 Å². The number of amides is 1. The molecule has 1 saturated carbocycles. The number of hydrogen-bond donors (Lipinski definition) is 0. The number of rotatable bonds is 3. The number of hydrogen-bond acceptors (Lipinski definition) is 4. The fourth-order valence-corrected chi connectivity index (χ4v) is 4.51. The van der Waals surface area contributed by atoms with Gasteiger partial charge in [0.15, 0.2) is 0 Å². The van der Waals surface area contributed by atoms with Crippen LogP contribution >= 0.6 is 0 Å². The zero-order valence-corrected chi connectivity index (χ0v) is 16.3. The van der Waals surface area contributed by atoms with Gasteiger partial charge < -0.3 is 4.90 Å². The Labute approximate surface area is 169 Å². The molecule has 0 spiro atoms. The molecule has 0 bridgehead atoms. The van der Waals surface area contributed by atoms with Crippen LogP contribution in [0, 0.1) is 0 Å². The minimum absolute atomic E-state index is 0.0926. The van der Waals surface area contributed by atoms with Crippen LogP contribution in [-0.2, 0) is 6.42 Å². The van der Waals surface area contributed by atoms with Crippen molar-refractivity contribution in [1.29, 1.82) is 0 Å². The van der Waals surface area contributed by atoms with Gasteiger partial charge in [0, 0.05) is 43.4 Å². The average molecular weight is 385 g/mol. The summed E-state index contributed by atoms with van der Waals surface area (Å²) in [7, 11) is 0. The summed E-state index contributed by atoms with van der Waals surface area (Å²) in [5, 5.41) is 4.41. The van der Waals surface area contributed by atoms with E-state index in [2.05, 4.69) is 28.3 Å². The largest absolute Gasteiger partial charge is 0.339 e. The molecule has 29 heavy (non-hydrogen) atoms. The lowest BCUT2D eigenvalue weighted by Gasteiger charge is -2.26. The van der Waals surface area contributed by atoms with Gasteiger partial charge in [-0.05, 0) is 55.4 Å². The number of carbonyl (C=O) groups is 1. The number of carbonyl (C=O) groups excluding carboxylic acids is 1. The van der Waals surface area contributed by atoms with Gasteiger partial charge in [-0.2, -0.15) is 5.10 Å². The molecule has 0 aromatic carbocycles. The summed E-state index contributed by atoms with van der Waals surface area (Å²) in [4.78, 5) is 24.4. The number of allylic oxidation sites excluding steroid dienone is 1. The predicted octanol–water partition coefficient (Wildman–Crippen LogP) is 3.62. The standard InChI is InChI=1S/C23H23N5O/c29-23(27-9-2-1-3-10-27)19-14-25-28-11-8-16(12-21(19)28)17-6-7-20-18(17)13-24-22(26-20)15-4-5-15/h6,8,11-15H,1-5,7,9-10H2. The Kier molecular flexibility index (Phi) is 3.79. The molecule has 6 nitrogen and oxygen atoms in total. The molecule has 146 valence electrons. The van der Waals surface area contributed by atoms with Crippen molar-refractivity contribution >= 4 is 17.0 Å². The maximum absolute atomic E-state index is 13.1. The van der Waals surface area contributed by atoms with Crippen molar-refractivity contribution < 1.29 is 4.79 Å². The third-order valence-corrected chi connectivity index (χ3v) is 6.32. The van der Waals surface area contributed by atoms with Crippen molar-refractivity contribution in [3.8, 4) is 0 Å². The zero-order valence-electron chi connectivity index (χ0n) is 16.3. The van der Waals surface area contributed by atoms with Gasteiger partial charge in [-0.3, -0.25) is 4.79 Å². The van der Waals surface area contributed by atoms with E-state index in [0.717, 1.165) is 66.1 Å². The lowest BCUT2D eigenvalue weighted by Crippen LogP contribution is -2.35. The van der Waals surface area contributed by atoms with E-state index in [1.54, 1.807) is 10.7 Å². The molecule has 3 aromatic rings. The van der Waals surface area contributed by atoms with Crippen molar-refractivity contribution in [1.82, 2.24) is 24.5 Å². The molecule has 1 saturated heterocycles. The highest BCUT2D eigenvalue weighted by molar-refractivity contribution is 6.01. The average Bonchev–Trinajstić information content (AvgIpc) is 3.40. The molecule has 0 N–H and O–H groups in total. The molecule has 2 fully saturated rings. The van der Waals surface area contributed by atoms with Crippen LogP contribution < -0.4 is 0 Å². The maximum Gasteiger partial charge on any atom is 0.257 e. The molecule has 1 aliphatic heterocycles. The second-order valence-electron chi connectivity index (χ2n) is 8.34. The lowest BCUT2D eigenvalue weighted by atomic mass is 10.0. The van der Waals surface area contributed by atoms with Gasteiger partial charge in [-0.25, -0.2) is 14.5 Å². The van der Waals surface area contributed by atoms with E-state index >= 15 is 0 Å². The molecule has 0 radical (unpaired) electrons. The van der Waals surface area contributed by atoms with Crippen molar-refractivity contribution in [3.63, 3.8) is 0 Å². The normalized spacial score (nSPS) is 18.8. The van der Waals surface area contributed by atoms with Crippen LogP contribution in [0.5, 0.6) is 0 Å². The number of piperidine rings is 1. The number of aromatic nitrogens is 4. The summed E-state index contributed by atoms with van der Waals surface area (Å²) in [5.41, 5.74) is 6.03. The fourth-order valence-electron chi connectivity index (χ4n) is 4.51. The minimum atomic E-state index is 0.0926. The van der Waals surface area contributed by atoms with Crippen molar-refractivity contribution in [2.45, 2.75) is 44.4 Å². The van der Waals surface area contributed by atoms with E-state index in [1.807, 2.05) is 17.3 Å². The molecular weight excluding hydrogens is 362 g/mol. The Morgan fingerprint density at radius 3 is 2.79 bits per heavy atom. The van der Waals surface area contributed by atoms with Gasteiger partial charge in [0.25, 0.3) is 5.91 Å². The molecule has 3 aromatic heterocycles. The second kappa shape index (κ2) is 6.51. The number of likely N-dealkylation sites (tertiary alicyclic amines) is 1. The van der Waals surface area contributed by atoms with Crippen LogP contribution in [0.3, 0.4) is 0 Å². The third kappa shape index (κ3) is 2.85. The molecule has 0 unspecified atom stereocenters. The Morgan fingerprint density at radius 2 is 1.97 bits per heavy atom. The molecule has 1 amide bonds. The second-order valence-corrected chi connectivity index (χ2v) is 8.34. The number of nitrogens with zero attached hydrogens (tertiary/aromatic N) is 5. The van der Waals surface area contributed by atoms with Gasteiger partial charge in [0.1, 0.15) is 5.82 Å². The van der Waals surface area contributed by atoms with Gasteiger partial charge in [0.05, 0.1) is 23.0 Å². The third-order valence-electron chi connectivity index (χ3n) is 6.32. The molecule has 0 atom stereocenters. The molecule has 3 aliphatic rings. The highest BCUT2D eigenvalue weighted by atomic mass is 16.2. The first-order valence-corrected chi connectivity index (χ1v) is 10.6. The van der Waals surface area contributed by atoms with E-state index in [0.29, 0.717) is 11.5 Å². The van der Waals surface area contributed by atoms with E-state index in [9.17, 15) is 4.79 Å². The topological polar surface area (TPSA) is 63.4 Å². The quantitative estimate of drug-likeness (QED) is 0.691. The fraction of sp³-hybridized carbons (Fsp3) is 0.391. The molecular formula is C23H23N5O. The Balaban J connectivity index is 1.36. The highest BCUT2D eigenvalue weighted by Crippen LogP contribution is 2.39. The van der Waals surface area contributed by atoms with Crippen LogP contribution in [0.4, 0.5) is 0 Å². The first-order valence-electron chi connectivity index (χ1n) is 10.6. The van der Waals surface area contributed by atoms with Crippen LogP contribution in [0.15, 0.2) is 36.8 Å². The lowest BCUT2D eigenvalue weighted by molar-refractivity contribution is 0.0726. The molecule has 2 aliphatic carbocycles. The number of pyridine rings is 1. The van der Waals surface area contributed by atoms with Gasteiger partial charge in [0.2, 0.25) is 0 Å². The Hall–Kier alpha value is -3.02. The SMILES string of the molecule is O=C(c1cnn2ccc(C3=CCc4nc(C5CC5)ncc43)cc12)N1CCCCC1. The summed E-state index contributed by atoms with van der Waals surface area (Å²) in [5.74, 6) is 1.66. The van der Waals surface area contributed by atoms with Crippen molar-refractivity contribution in [2.75, 3.05) is 13.1 Å². The zero-order chi connectivity index (χ0) is 19.4. The van der Waals surface area contributed by atoms with Crippen LogP contribution in [-0.4, -0.2) is 43.5 Å². The summed E-state index contributed by atoms with van der Waals surface area (Å²) < 4.78 is 1.80. The number of fused-ring (bicyclic) bond motifs is 2. The predicted molar refractivity (Wildman–Crippen MR) is 110 cm³/mol. The monoisotopic (exact) mass is 385 g/mol. The van der Waals surface area contributed by atoms with Crippen LogP contribution in [0.1, 0.15) is 71.0 Å². The van der Waals surface area contributed by atoms with E-state index in [-0.39, 0.29) is 5.91 Å². The van der Waals surface area contributed by atoms with Crippen molar-refractivity contribution in [3.05, 3.63) is 65.0 Å². The summed E-state index contributed by atoms with van der Waals surface area (Å²) in [6, 6.07) is 4.14. The first-order chi connectivity index (χ1) is 14.3. The van der Waals surface area contributed by atoms with Crippen LogP contribution in [0.2, 0.25) is 0 Å². The molecule has 4 heterocycles. The molecule has 6 rings (SSSR count). The van der Waals surface area contributed by atoms with Gasteiger partial charge >= 0.3 is 0 Å². The minimum Gasteiger partial charge on any atom is -0.339 e. The summed E-state index contributed by atoms with van der Waals surface area (Å²) in [6.07, 6.45) is 14.5. The van der Waals surface area contributed by atoms with E-state index < -0.39 is 0 Å². The Morgan fingerprint density at radius 1 is 1.10 bits per heavy atom. The summed E-state index contributed by atoms with van der Waals surface area (Å²) >= 11 is 0. The van der Waals surface area contributed by atoms with Gasteiger partial charge in [-0.15, -0.1) is 0 Å². The van der Waals surface area contributed by atoms with Crippen LogP contribution in [0.25, 0.3) is 11.1 Å². The van der Waals surface area contributed by atoms with E-state index in [4.69, 9.17) is 4.98 Å².